The first-order valence-electron chi connectivity index (χ1n) is 8.31. The summed E-state index contributed by atoms with van der Waals surface area (Å²) in [4.78, 5) is 4.69. The average molecular weight is 411 g/mol. The van der Waals surface area contributed by atoms with Gasteiger partial charge in [0.25, 0.3) is 0 Å². The zero-order valence-electron chi connectivity index (χ0n) is 14.1. The molecule has 0 radical (unpaired) electrons. The van der Waals surface area contributed by atoms with Crippen molar-refractivity contribution >= 4 is 21.6 Å². The van der Waals surface area contributed by atoms with Crippen LogP contribution >= 0.6 is 15.9 Å². The van der Waals surface area contributed by atoms with Gasteiger partial charge >= 0.3 is 0 Å². The minimum atomic E-state index is -0.790. The minimum absolute atomic E-state index is 0.726. The van der Waals surface area contributed by atoms with Gasteiger partial charge in [-0.1, -0.05) is 6.07 Å². The maximum absolute atomic E-state index is 13.3. The van der Waals surface area contributed by atoms with E-state index in [9.17, 15) is 8.78 Å². The first-order chi connectivity index (χ1) is 12.1. The molecule has 0 unspecified atom stereocenters. The molecule has 0 amide bonds. The Kier molecular flexibility index (Phi) is 5.91. The number of halogens is 3. The third kappa shape index (κ3) is 4.50. The van der Waals surface area contributed by atoms with Crippen molar-refractivity contribution in [1.82, 2.24) is 4.90 Å². The van der Waals surface area contributed by atoms with Crippen LogP contribution in [0.25, 0.3) is 0 Å². The van der Waals surface area contributed by atoms with Crippen LogP contribution in [-0.4, -0.2) is 44.7 Å². The third-order valence-electron chi connectivity index (χ3n) is 4.57. The largest absolute Gasteiger partial charge is 0.495 e. The molecule has 0 atom stereocenters. The zero-order valence-corrected chi connectivity index (χ0v) is 15.7. The highest BCUT2D eigenvalue weighted by atomic mass is 79.9. The van der Waals surface area contributed by atoms with E-state index >= 15 is 0 Å². The molecule has 0 aromatic heterocycles. The number of hydrogen-bond donors (Lipinski definition) is 0. The van der Waals surface area contributed by atoms with Crippen molar-refractivity contribution in [1.29, 1.82) is 0 Å². The van der Waals surface area contributed by atoms with E-state index < -0.39 is 11.6 Å². The molecule has 0 N–H and O–H groups in total. The van der Waals surface area contributed by atoms with Gasteiger partial charge in [0.15, 0.2) is 11.6 Å². The number of nitrogens with zero attached hydrogens (tertiary/aromatic N) is 2. The molecular weight excluding hydrogens is 390 g/mol. The van der Waals surface area contributed by atoms with E-state index in [0.29, 0.717) is 0 Å². The van der Waals surface area contributed by atoms with E-state index in [4.69, 9.17) is 4.74 Å². The highest BCUT2D eigenvalue weighted by Gasteiger charge is 2.18. The lowest BCUT2D eigenvalue weighted by molar-refractivity contribution is 0.261. The molecule has 0 spiro atoms. The third-order valence-corrected chi connectivity index (χ3v) is 5.23. The summed E-state index contributed by atoms with van der Waals surface area (Å²) in [7, 11) is 1.67. The topological polar surface area (TPSA) is 15.7 Å². The van der Waals surface area contributed by atoms with Gasteiger partial charge in [-0.25, -0.2) is 8.78 Å². The molecule has 1 aliphatic heterocycles. The highest BCUT2D eigenvalue weighted by molar-refractivity contribution is 9.10. The summed E-state index contributed by atoms with van der Waals surface area (Å²) in [5, 5.41) is 0. The summed E-state index contributed by atoms with van der Waals surface area (Å²) < 4.78 is 32.5. The molecule has 134 valence electrons. The van der Waals surface area contributed by atoms with Gasteiger partial charge in [0, 0.05) is 44.5 Å². The second-order valence-corrected chi connectivity index (χ2v) is 7.00. The standard InChI is InChI=1S/C19H21BrF2N2O/c1-25-19-13-15(3-4-16(19)20)24-10-8-23(9-11-24)7-6-14-2-5-17(21)18(22)12-14/h2-5,12-13H,6-11H2,1H3. The van der Waals surface area contributed by atoms with Crippen LogP contribution in [0.3, 0.4) is 0 Å². The van der Waals surface area contributed by atoms with E-state index in [2.05, 4.69) is 31.8 Å². The summed E-state index contributed by atoms with van der Waals surface area (Å²) in [5.41, 5.74) is 1.99. The van der Waals surface area contributed by atoms with Crippen LogP contribution in [0.4, 0.5) is 14.5 Å². The molecule has 2 aromatic carbocycles. The summed E-state index contributed by atoms with van der Waals surface area (Å²) in [5.74, 6) is -0.730. The fourth-order valence-corrected chi connectivity index (χ4v) is 3.47. The molecule has 0 bridgehead atoms. The van der Waals surface area contributed by atoms with Crippen molar-refractivity contribution in [3.63, 3.8) is 0 Å². The maximum Gasteiger partial charge on any atom is 0.159 e. The molecule has 1 heterocycles. The van der Waals surface area contributed by atoms with Gasteiger partial charge in [-0.2, -0.15) is 0 Å². The summed E-state index contributed by atoms with van der Waals surface area (Å²) in [6.07, 6.45) is 0.726. The number of piperazine rings is 1. The Morgan fingerprint density at radius 3 is 2.44 bits per heavy atom. The van der Waals surface area contributed by atoms with Crippen LogP contribution in [-0.2, 0) is 6.42 Å². The fraction of sp³-hybridized carbons (Fsp3) is 0.368. The van der Waals surface area contributed by atoms with Gasteiger partial charge < -0.3 is 9.64 Å². The maximum atomic E-state index is 13.3. The van der Waals surface area contributed by atoms with Crippen molar-refractivity contribution in [2.45, 2.75) is 6.42 Å². The second-order valence-electron chi connectivity index (χ2n) is 6.15. The van der Waals surface area contributed by atoms with Crippen molar-refractivity contribution in [2.75, 3.05) is 44.7 Å². The summed E-state index contributed by atoms with van der Waals surface area (Å²) >= 11 is 3.47. The van der Waals surface area contributed by atoms with Crippen molar-refractivity contribution in [3.8, 4) is 5.75 Å². The Hall–Kier alpha value is -1.66. The van der Waals surface area contributed by atoms with Gasteiger partial charge in [0.1, 0.15) is 5.75 Å². The van der Waals surface area contributed by atoms with Crippen LogP contribution in [0.5, 0.6) is 5.75 Å². The van der Waals surface area contributed by atoms with Gasteiger partial charge in [0.05, 0.1) is 11.6 Å². The summed E-state index contributed by atoms with van der Waals surface area (Å²) in [6.45, 7) is 4.61. The Morgan fingerprint density at radius 2 is 1.76 bits per heavy atom. The van der Waals surface area contributed by atoms with Crippen molar-refractivity contribution in [3.05, 3.63) is 58.1 Å². The molecule has 1 fully saturated rings. The van der Waals surface area contributed by atoms with Crippen LogP contribution < -0.4 is 9.64 Å². The normalized spacial score (nSPS) is 15.4. The highest BCUT2D eigenvalue weighted by Crippen LogP contribution is 2.30. The average Bonchev–Trinajstić information content (AvgIpc) is 2.63. The second kappa shape index (κ2) is 8.15. The Bertz CT molecular complexity index is 733. The lowest BCUT2D eigenvalue weighted by Gasteiger charge is -2.36. The SMILES string of the molecule is COc1cc(N2CCN(CCc3ccc(F)c(F)c3)CC2)ccc1Br. The first kappa shape index (κ1) is 18.1. The summed E-state index contributed by atoms with van der Waals surface area (Å²) in [6, 6.07) is 10.3. The molecule has 0 aliphatic carbocycles. The van der Waals surface area contributed by atoms with Crippen LogP contribution in [0, 0.1) is 11.6 Å². The van der Waals surface area contributed by atoms with E-state index in [1.165, 1.54) is 12.1 Å². The smallest absolute Gasteiger partial charge is 0.159 e. The van der Waals surface area contributed by atoms with E-state index in [1.54, 1.807) is 13.2 Å². The number of hydrogen-bond acceptors (Lipinski definition) is 3. The molecule has 6 heteroatoms. The Labute approximate surface area is 155 Å². The van der Waals surface area contributed by atoms with Crippen LogP contribution in [0.2, 0.25) is 0 Å². The van der Waals surface area contributed by atoms with E-state index in [-0.39, 0.29) is 0 Å². The van der Waals surface area contributed by atoms with Crippen molar-refractivity contribution in [2.24, 2.45) is 0 Å². The minimum Gasteiger partial charge on any atom is -0.495 e. The first-order valence-corrected chi connectivity index (χ1v) is 9.11. The van der Waals surface area contributed by atoms with E-state index in [1.807, 2.05) is 12.1 Å². The number of ether oxygens (including phenoxy) is 1. The van der Waals surface area contributed by atoms with Crippen LogP contribution in [0.15, 0.2) is 40.9 Å². The molecule has 25 heavy (non-hydrogen) atoms. The zero-order chi connectivity index (χ0) is 17.8. The van der Waals surface area contributed by atoms with Crippen molar-refractivity contribution < 1.29 is 13.5 Å². The number of rotatable bonds is 5. The van der Waals surface area contributed by atoms with E-state index in [0.717, 1.165) is 60.6 Å². The van der Waals surface area contributed by atoms with Gasteiger partial charge in [0.2, 0.25) is 0 Å². The molecule has 3 rings (SSSR count). The predicted molar refractivity (Wildman–Crippen MR) is 99.4 cm³/mol. The molecule has 3 nitrogen and oxygen atoms in total. The van der Waals surface area contributed by atoms with Gasteiger partial charge in [-0.3, -0.25) is 4.90 Å². The molecular formula is C19H21BrF2N2O. The van der Waals surface area contributed by atoms with Gasteiger partial charge in [-0.05, 0) is 52.2 Å². The predicted octanol–water partition coefficient (Wildman–Crippen LogP) is 4.10. The number of anilines is 1. The quantitative estimate of drug-likeness (QED) is 0.737. The molecule has 0 saturated carbocycles. The molecule has 1 aliphatic rings. The molecule has 2 aromatic rings. The lowest BCUT2D eigenvalue weighted by Crippen LogP contribution is -2.47. The monoisotopic (exact) mass is 410 g/mol. The van der Waals surface area contributed by atoms with Crippen LogP contribution in [0.1, 0.15) is 5.56 Å². The number of methoxy groups -OCH3 is 1. The Morgan fingerprint density at radius 1 is 1.00 bits per heavy atom. The lowest BCUT2D eigenvalue weighted by atomic mass is 10.1. The fourth-order valence-electron chi connectivity index (χ4n) is 3.06. The molecule has 1 saturated heterocycles. The number of benzene rings is 2. The Balaban J connectivity index is 1.52. The van der Waals surface area contributed by atoms with Gasteiger partial charge in [-0.15, -0.1) is 0 Å².